The Morgan fingerprint density at radius 2 is 1.76 bits per heavy atom. The van der Waals surface area contributed by atoms with Crippen LogP contribution in [-0.2, 0) is 33.4 Å². The van der Waals surface area contributed by atoms with E-state index in [0.29, 0.717) is 11.1 Å². The van der Waals surface area contributed by atoms with Crippen molar-refractivity contribution >= 4 is 35.1 Å². The summed E-state index contributed by atoms with van der Waals surface area (Å²) in [4.78, 5) is 16.0. The second-order valence-corrected chi connectivity index (χ2v) is 10.2. The van der Waals surface area contributed by atoms with E-state index in [1.54, 1.807) is 7.11 Å². The molecule has 0 amide bonds. The number of aryl methyl sites for hydroxylation is 1. The van der Waals surface area contributed by atoms with Gasteiger partial charge in [-0.2, -0.15) is 0 Å². The maximum atomic E-state index is 11.0. The summed E-state index contributed by atoms with van der Waals surface area (Å²) in [6, 6.07) is 16.7. The van der Waals surface area contributed by atoms with Gasteiger partial charge in [0.25, 0.3) is 0 Å². The molecule has 2 heterocycles. The molecule has 3 N–H and O–H groups in total. The number of rotatable bonds is 7. The third kappa shape index (κ3) is 6.53. The molecule has 2 aromatic carbocycles. The minimum Gasteiger partial charge on any atom is -0.497 e. The molecule has 38 heavy (non-hydrogen) atoms. The van der Waals surface area contributed by atoms with Crippen molar-refractivity contribution in [3.8, 4) is 5.75 Å². The number of likely N-dealkylation sites (N-methyl/N-ethyl adjacent to an activating group) is 1. The second kappa shape index (κ2) is 13.4. The minimum atomic E-state index is -0.517. The molecule has 1 atom stereocenters. The van der Waals surface area contributed by atoms with E-state index in [1.807, 2.05) is 23.5 Å². The fourth-order valence-electron chi connectivity index (χ4n) is 4.57. The van der Waals surface area contributed by atoms with Crippen LogP contribution in [0.2, 0.25) is 0 Å². The minimum absolute atomic E-state index is 0. The van der Waals surface area contributed by atoms with Crippen molar-refractivity contribution in [2.45, 2.75) is 32.6 Å². The SMILES string of the molecule is CCN1/C(=C\C=N)C(C)(Cc2ccc(C)s2)c2cc(OC)ccc21.COC(=O)c1ccc(C(=N)O)cc1.[Co]. The first-order valence-corrected chi connectivity index (χ1v) is 12.7. The summed E-state index contributed by atoms with van der Waals surface area (Å²) in [6.45, 7) is 7.48. The van der Waals surface area contributed by atoms with E-state index in [2.05, 4.69) is 54.7 Å². The molecule has 0 bridgehead atoms. The molecule has 3 aromatic rings. The summed E-state index contributed by atoms with van der Waals surface area (Å²) in [7, 11) is 3.01. The maximum Gasteiger partial charge on any atom is 0.337 e. The number of anilines is 1. The second-order valence-electron chi connectivity index (χ2n) is 8.78. The molecule has 203 valence electrons. The van der Waals surface area contributed by atoms with Crippen LogP contribution in [0.25, 0.3) is 0 Å². The summed E-state index contributed by atoms with van der Waals surface area (Å²) in [5.41, 5.74) is 4.30. The predicted octanol–water partition coefficient (Wildman–Crippen LogP) is 6.29. The third-order valence-corrected chi connectivity index (χ3v) is 7.41. The number of nitrogens with one attached hydrogen (secondary N) is 2. The number of carbonyl (C=O) groups is 1. The van der Waals surface area contributed by atoms with Crippen LogP contribution < -0.4 is 9.64 Å². The van der Waals surface area contributed by atoms with Crippen LogP contribution in [-0.4, -0.2) is 44.0 Å². The van der Waals surface area contributed by atoms with Gasteiger partial charge < -0.3 is 24.9 Å². The molecule has 1 aliphatic heterocycles. The summed E-state index contributed by atoms with van der Waals surface area (Å²) in [5, 5.41) is 23.3. The summed E-state index contributed by atoms with van der Waals surface area (Å²) < 4.78 is 9.95. The summed E-state index contributed by atoms with van der Waals surface area (Å²) >= 11 is 1.85. The van der Waals surface area contributed by atoms with Gasteiger partial charge in [-0.25, -0.2) is 4.79 Å². The van der Waals surface area contributed by atoms with Crippen molar-refractivity contribution in [3.63, 3.8) is 0 Å². The number of benzene rings is 2. The average molecular weight is 579 g/mol. The van der Waals surface area contributed by atoms with E-state index < -0.39 is 11.9 Å². The quantitative estimate of drug-likeness (QED) is 0.174. The molecular weight excluding hydrogens is 545 g/mol. The van der Waals surface area contributed by atoms with Crippen molar-refractivity contribution in [2.75, 3.05) is 25.7 Å². The van der Waals surface area contributed by atoms with Crippen molar-refractivity contribution < 1.29 is 36.2 Å². The fourth-order valence-corrected chi connectivity index (χ4v) is 5.62. The van der Waals surface area contributed by atoms with Gasteiger partial charge in [-0.05, 0) is 93.4 Å². The van der Waals surface area contributed by atoms with Gasteiger partial charge in [0.2, 0.25) is 5.90 Å². The Morgan fingerprint density at radius 1 is 1.11 bits per heavy atom. The van der Waals surface area contributed by atoms with Crippen LogP contribution in [0, 0.1) is 17.7 Å². The molecule has 1 aliphatic rings. The predicted molar refractivity (Wildman–Crippen MR) is 150 cm³/mol. The van der Waals surface area contributed by atoms with Gasteiger partial charge in [-0.1, -0.05) is 0 Å². The van der Waals surface area contributed by atoms with Gasteiger partial charge in [-0.15, -0.1) is 11.3 Å². The molecule has 1 radical (unpaired) electrons. The number of hydrogen-bond acceptors (Lipinski definition) is 7. The van der Waals surface area contributed by atoms with Crippen LogP contribution >= 0.6 is 11.3 Å². The number of allylic oxidation sites excluding steroid dienone is 2. The number of thiophene rings is 1. The van der Waals surface area contributed by atoms with Crippen molar-refractivity contribution in [1.29, 1.82) is 10.8 Å². The Hall–Kier alpha value is -3.40. The van der Waals surface area contributed by atoms with Crippen LogP contribution in [0.4, 0.5) is 5.69 Å². The Kier molecular flexibility index (Phi) is 10.9. The number of methoxy groups -OCH3 is 2. The Balaban J connectivity index is 0.000000309. The normalized spacial score (nSPS) is 16.6. The van der Waals surface area contributed by atoms with E-state index in [-0.39, 0.29) is 22.2 Å². The molecule has 7 nitrogen and oxygen atoms in total. The number of carbonyl (C=O) groups excluding carboxylic acids is 1. The number of fused-ring (bicyclic) bond motifs is 1. The first-order chi connectivity index (χ1) is 17.7. The maximum absolute atomic E-state index is 11.0. The van der Waals surface area contributed by atoms with Crippen molar-refractivity contribution in [1.82, 2.24) is 0 Å². The zero-order valence-electron chi connectivity index (χ0n) is 22.1. The molecule has 1 aromatic heterocycles. The van der Waals surface area contributed by atoms with Gasteiger partial charge in [0.1, 0.15) is 5.75 Å². The summed E-state index contributed by atoms with van der Waals surface area (Å²) in [5.74, 6) is -0.0677. The van der Waals surface area contributed by atoms with Gasteiger partial charge >= 0.3 is 5.97 Å². The number of esters is 1. The first kappa shape index (κ1) is 30.8. The number of aliphatic hydroxyl groups excluding tert-OH is 1. The van der Waals surface area contributed by atoms with Crippen molar-refractivity contribution in [3.05, 3.63) is 92.8 Å². The van der Waals surface area contributed by atoms with Crippen LogP contribution in [0.5, 0.6) is 5.75 Å². The largest absolute Gasteiger partial charge is 0.497 e. The molecular formula is C29H33CoN3O4S. The van der Waals surface area contributed by atoms with E-state index >= 15 is 0 Å². The number of nitrogens with zero attached hydrogens (tertiary/aromatic N) is 1. The van der Waals surface area contributed by atoms with E-state index in [9.17, 15) is 4.79 Å². The Morgan fingerprint density at radius 3 is 2.26 bits per heavy atom. The molecule has 9 heteroatoms. The molecule has 0 spiro atoms. The van der Waals surface area contributed by atoms with Crippen LogP contribution in [0.15, 0.2) is 66.4 Å². The molecule has 0 saturated heterocycles. The van der Waals surface area contributed by atoms with Gasteiger partial charge in [0.15, 0.2) is 0 Å². The number of hydrogen-bond donors (Lipinski definition) is 3. The van der Waals surface area contributed by atoms with E-state index in [0.717, 1.165) is 18.7 Å². The Labute approximate surface area is 238 Å². The monoisotopic (exact) mass is 578 g/mol. The van der Waals surface area contributed by atoms with Crippen molar-refractivity contribution in [2.24, 2.45) is 0 Å². The molecule has 4 rings (SSSR count). The zero-order chi connectivity index (χ0) is 27.2. The topological polar surface area (TPSA) is 107 Å². The molecule has 0 aliphatic carbocycles. The van der Waals surface area contributed by atoms with Crippen LogP contribution in [0.3, 0.4) is 0 Å². The third-order valence-electron chi connectivity index (χ3n) is 6.41. The molecule has 0 saturated carbocycles. The van der Waals surface area contributed by atoms with Gasteiger partial charge in [-0.3, -0.25) is 5.41 Å². The number of ether oxygens (including phenoxy) is 2. The molecule has 1 unspecified atom stereocenters. The van der Waals surface area contributed by atoms with E-state index in [1.165, 1.54) is 64.3 Å². The van der Waals surface area contributed by atoms with Crippen LogP contribution in [0.1, 0.15) is 45.1 Å². The van der Waals surface area contributed by atoms with E-state index in [4.69, 9.17) is 20.7 Å². The standard InChI is InChI=1S/C20H24N2OS.C9H9NO3.Co/c1-5-22-18-9-7-15(23-4)12-17(18)20(3,19(22)10-11-21)13-16-8-6-14(2)24-16;1-13-9(12)7-4-2-6(3-5-7)8(10)11;/h6-12,21H,5,13H2,1-4H3;2-5H,1H3,(H2,10,11);/b19-10-,21-11?;;. The number of aliphatic hydroxyl groups is 1. The fraction of sp³-hybridized carbons (Fsp3) is 0.276. The smallest absolute Gasteiger partial charge is 0.337 e. The average Bonchev–Trinajstić information content (AvgIpc) is 3.41. The van der Waals surface area contributed by atoms with Gasteiger partial charge in [0.05, 0.1) is 19.8 Å². The zero-order valence-corrected chi connectivity index (χ0v) is 24.0. The molecule has 0 fully saturated rings. The first-order valence-electron chi connectivity index (χ1n) is 11.9. The van der Waals surface area contributed by atoms with Gasteiger partial charge in [0, 0.05) is 61.7 Å². The Bertz CT molecular complexity index is 1320. The summed E-state index contributed by atoms with van der Waals surface area (Å²) in [6.07, 6.45) is 4.28.